The van der Waals surface area contributed by atoms with E-state index in [2.05, 4.69) is 10.00 Å². The predicted molar refractivity (Wildman–Crippen MR) is 77.9 cm³/mol. The Morgan fingerprint density at radius 3 is 2.75 bits per heavy atom. The number of hydrogen-bond acceptors (Lipinski definition) is 4. The Hall–Kier alpha value is -1.40. The normalized spacial score (nSPS) is 23.2. The lowest BCUT2D eigenvalue weighted by Crippen LogP contribution is -2.45. The smallest absolute Gasteiger partial charge is 0.239 e. The van der Waals surface area contributed by atoms with E-state index in [1.165, 1.54) is 0 Å². The lowest BCUT2D eigenvalue weighted by molar-refractivity contribution is -0.135. The van der Waals surface area contributed by atoms with Crippen molar-refractivity contribution in [3.8, 4) is 0 Å². The zero-order valence-electron chi connectivity index (χ0n) is 12.6. The highest BCUT2D eigenvalue weighted by Gasteiger charge is 2.36. The zero-order chi connectivity index (χ0) is 14.7. The van der Waals surface area contributed by atoms with Crippen molar-refractivity contribution < 1.29 is 4.79 Å². The van der Waals surface area contributed by atoms with Gasteiger partial charge in [-0.2, -0.15) is 5.10 Å². The molecule has 2 heterocycles. The number of hydrogen-bond donors (Lipinski definition) is 1. The molecule has 0 unspecified atom stereocenters. The van der Waals surface area contributed by atoms with Crippen LogP contribution in [-0.4, -0.2) is 57.2 Å². The van der Waals surface area contributed by atoms with Gasteiger partial charge >= 0.3 is 0 Å². The number of aryl methyl sites for hydroxylation is 1. The standard InChI is InChI=1S/C14H25N5O/c1-4-18(5-2)14(20)13-6-12(15)10-19(13)9-11-7-16-17(3)8-11/h7-8,12-13H,4-6,9-10,15H2,1-3H3/t12-,13-/m0/s1. The molecule has 1 amide bonds. The molecule has 0 saturated carbocycles. The first-order valence-electron chi connectivity index (χ1n) is 7.31. The van der Waals surface area contributed by atoms with Crippen LogP contribution >= 0.6 is 0 Å². The van der Waals surface area contributed by atoms with Crippen LogP contribution in [0.15, 0.2) is 12.4 Å². The summed E-state index contributed by atoms with van der Waals surface area (Å²) >= 11 is 0. The van der Waals surface area contributed by atoms with Crippen LogP contribution in [0.3, 0.4) is 0 Å². The fourth-order valence-corrected chi connectivity index (χ4v) is 2.90. The fraction of sp³-hybridized carbons (Fsp3) is 0.714. The van der Waals surface area contributed by atoms with Gasteiger partial charge in [0.15, 0.2) is 0 Å². The Morgan fingerprint density at radius 2 is 2.20 bits per heavy atom. The van der Waals surface area contributed by atoms with Crippen LogP contribution in [0.4, 0.5) is 0 Å². The Labute approximate surface area is 120 Å². The molecule has 0 radical (unpaired) electrons. The second-order valence-corrected chi connectivity index (χ2v) is 5.47. The topological polar surface area (TPSA) is 67.4 Å². The quantitative estimate of drug-likeness (QED) is 0.835. The summed E-state index contributed by atoms with van der Waals surface area (Å²) in [6, 6.07) is -0.0127. The number of carbonyl (C=O) groups is 1. The number of likely N-dealkylation sites (N-methyl/N-ethyl adjacent to an activating group) is 1. The van der Waals surface area contributed by atoms with Gasteiger partial charge in [-0.25, -0.2) is 0 Å². The zero-order valence-corrected chi connectivity index (χ0v) is 12.6. The molecule has 0 aromatic carbocycles. The number of aromatic nitrogens is 2. The van der Waals surface area contributed by atoms with Gasteiger partial charge in [-0.3, -0.25) is 14.4 Å². The minimum Gasteiger partial charge on any atom is -0.342 e. The van der Waals surface area contributed by atoms with E-state index in [1.54, 1.807) is 4.68 Å². The van der Waals surface area contributed by atoms with E-state index in [1.807, 2.05) is 38.2 Å². The summed E-state index contributed by atoms with van der Waals surface area (Å²) in [5, 5.41) is 4.18. The second-order valence-electron chi connectivity index (χ2n) is 5.47. The first-order valence-corrected chi connectivity index (χ1v) is 7.31. The Bertz CT molecular complexity index is 454. The lowest BCUT2D eigenvalue weighted by Gasteiger charge is -2.28. The maximum atomic E-state index is 12.6. The summed E-state index contributed by atoms with van der Waals surface area (Å²) in [6.45, 7) is 7.04. The van der Waals surface area contributed by atoms with Gasteiger partial charge in [-0.15, -0.1) is 0 Å². The molecule has 1 aliphatic heterocycles. The van der Waals surface area contributed by atoms with Crippen LogP contribution in [0.2, 0.25) is 0 Å². The highest BCUT2D eigenvalue weighted by atomic mass is 16.2. The first-order chi connectivity index (χ1) is 9.55. The minimum atomic E-state index is -0.0925. The van der Waals surface area contributed by atoms with Crippen molar-refractivity contribution in [3.63, 3.8) is 0 Å². The fourth-order valence-electron chi connectivity index (χ4n) is 2.90. The van der Waals surface area contributed by atoms with Gasteiger partial charge in [0, 0.05) is 51.0 Å². The third kappa shape index (κ3) is 3.19. The number of likely N-dealkylation sites (tertiary alicyclic amines) is 1. The summed E-state index contributed by atoms with van der Waals surface area (Å²) in [5.74, 6) is 0.201. The molecule has 20 heavy (non-hydrogen) atoms. The highest BCUT2D eigenvalue weighted by molar-refractivity contribution is 5.82. The predicted octanol–water partition coefficient (Wildman–Crippen LogP) is 0.190. The van der Waals surface area contributed by atoms with E-state index in [0.29, 0.717) is 0 Å². The molecule has 2 rings (SSSR count). The SMILES string of the molecule is CCN(CC)C(=O)[C@@H]1C[C@H](N)CN1Cc1cnn(C)c1. The number of nitrogens with zero attached hydrogens (tertiary/aromatic N) is 4. The van der Waals surface area contributed by atoms with Gasteiger partial charge in [0.1, 0.15) is 0 Å². The van der Waals surface area contributed by atoms with E-state index < -0.39 is 0 Å². The van der Waals surface area contributed by atoms with Crippen molar-refractivity contribution in [1.29, 1.82) is 0 Å². The molecule has 2 atom stereocenters. The van der Waals surface area contributed by atoms with Crippen molar-refractivity contribution in [1.82, 2.24) is 19.6 Å². The van der Waals surface area contributed by atoms with Crippen LogP contribution in [-0.2, 0) is 18.4 Å². The molecule has 2 N–H and O–H groups in total. The Balaban J connectivity index is 2.08. The second kappa shape index (κ2) is 6.37. The summed E-state index contributed by atoms with van der Waals surface area (Å²) < 4.78 is 1.78. The molecule has 6 nitrogen and oxygen atoms in total. The Morgan fingerprint density at radius 1 is 1.50 bits per heavy atom. The molecule has 1 aromatic heterocycles. The maximum absolute atomic E-state index is 12.6. The highest BCUT2D eigenvalue weighted by Crippen LogP contribution is 2.21. The van der Waals surface area contributed by atoms with Crippen LogP contribution in [0, 0.1) is 0 Å². The third-order valence-electron chi connectivity index (χ3n) is 3.94. The van der Waals surface area contributed by atoms with Gasteiger partial charge in [-0.1, -0.05) is 0 Å². The van der Waals surface area contributed by atoms with Gasteiger partial charge in [0.2, 0.25) is 5.91 Å². The van der Waals surface area contributed by atoms with Gasteiger partial charge in [-0.05, 0) is 20.3 Å². The summed E-state index contributed by atoms with van der Waals surface area (Å²) in [7, 11) is 1.90. The van der Waals surface area contributed by atoms with E-state index >= 15 is 0 Å². The van der Waals surface area contributed by atoms with Crippen molar-refractivity contribution >= 4 is 5.91 Å². The maximum Gasteiger partial charge on any atom is 0.239 e. The van der Waals surface area contributed by atoms with E-state index in [9.17, 15) is 4.79 Å². The molecule has 1 aromatic rings. The number of amides is 1. The number of carbonyl (C=O) groups excluding carboxylic acids is 1. The molecule has 0 spiro atoms. The summed E-state index contributed by atoms with van der Waals surface area (Å²) in [5.41, 5.74) is 7.19. The van der Waals surface area contributed by atoms with Crippen LogP contribution in [0.5, 0.6) is 0 Å². The van der Waals surface area contributed by atoms with E-state index in [-0.39, 0.29) is 18.0 Å². The molecule has 1 fully saturated rings. The van der Waals surface area contributed by atoms with Gasteiger partial charge in [0.05, 0.1) is 12.2 Å². The molecule has 1 aliphatic rings. The molecule has 1 saturated heterocycles. The minimum absolute atomic E-state index is 0.0798. The molecule has 0 bridgehead atoms. The molecule has 0 aliphatic carbocycles. The van der Waals surface area contributed by atoms with Crippen molar-refractivity contribution in [3.05, 3.63) is 18.0 Å². The van der Waals surface area contributed by atoms with Gasteiger partial charge in [0.25, 0.3) is 0 Å². The lowest BCUT2D eigenvalue weighted by atomic mass is 10.1. The third-order valence-corrected chi connectivity index (χ3v) is 3.94. The Kier molecular flexibility index (Phi) is 4.77. The average molecular weight is 279 g/mol. The first kappa shape index (κ1) is 15.0. The van der Waals surface area contributed by atoms with E-state index in [4.69, 9.17) is 5.73 Å². The molecular weight excluding hydrogens is 254 g/mol. The van der Waals surface area contributed by atoms with Crippen LogP contribution < -0.4 is 5.73 Å². The van der Waals surface area contributed by atoms with Crippen molar-refractivity contribution in [2.24, 2.45) is 12.8 Å². The van der Waals surface area contributed by atoms with Crippen LogP contribution in [0.25, 0.3) is 0 Å². The summed E-state index contributed by atoms with van der Waals surface area (Å²) in [4.78, 5) is 16.6. The summed E-state index contributed by atoms with van der Waals surface area (Å²) in [6.07, 6.45) is 4.58. The van der Waals surface area contributed by atoms with Crippen molar-refractivity contribution in [2.75, 3.05) is 19.6 Å². The molecule has 6 heteroatoms. The van der Waals surface area contributed by atoms with Crippen molar-refractivity contribution in [2.45, 2.75) is 38.9 Å². The molecular formula is C14H25N5O. The van der Waals surface area contributed by atoms with Gasteiger partial charge < -0.3 is 10.6 Å². The number of nitrogens with two attached hydrogens (primary N) is 1. The monoisotopic (exact) mass is 279 g/mol. The average Bonchev–Trinajstić information content (AvgIpc) is 2.97. The van der Waals surface area contributed by atoms with Crippen LogP contribution in [0.1, 0.15) is 25.8 Å². The number of rotatable bonds is 5. The van der Waals surface area contributed by atoms with E-state index in [0.717, 1.165) is 38.2 Å². The molecule has 112 valence electrons. The largest absolute Gasteiger partial charge is 0.342 e.